The van der Waals surface area contributed by atoms with E-state index in [1.54, 1.807) is 6.20 Å². The second kappa shape index (κ2) is 6.59. The molecule has 3 fully saturated rings. The van der Waals surface area contributed by atoms with E-state index in [0.717, 1.165) is 51.7 Å². The van der Waals surface area contributed by atoms with Crippen LogP contribution in [0.2, 0.25) is 0 Å². The fourth-order valence-electron chi connectivity index (χ4n) is 4.12. The number of nitrogens with zero attached hydrogens (tertiary/aromatic N) is 3. The highest BCUT2D eigenvalue weighted by atomic mass is 16.6. The number of piperidine rings is 1. The first kappa shape index (κ1) is 15.7. The Balaban J connectivity index is 1.37. The van der Waals surface area contributed by atoms with Gasteiger partial charge in [-0.25, -0.2) is 9.78 Å². The Morgan fingerprint density at radius 3 is 2.83 bits per heavy atom. The molecule has 4 rings (SSSR count). The Morgan fingerprint density at radius 1 is 1.21 bits per heavy atom. The summed E-state index contributed by atoms with van der Waals surface area (Å²) in [5.74, 6) is 0.643. The third-order valence-electron chi connectivity index (χ3n) is 5.29. The van der Waals surface area contributed by atoms with Crippen molar-refractivity contribution >= 4 is 6.03 Å². The van der Waals surface area contributed by atoms with Crippen LogP contribution in [-0.4, -0.2) is 65.3 Å². The summed E-state index contributed by atoms with van der Waals surface area (Å²) < 4.78 is 12.1. The molecule has 1 spiro atoms. The molecule has 3 aliphatic rings. The molecule has 0 unspecified atom stereocenters. The lowest BCUT2D eigenvalue weighted by atomic mass is 9.89. The zero-order valence-corrected chi connectivity index (χ0v) is 14.0. The summed E-state index contributed by atoms with van der Waals surface area (Å²) in [6.07, 6.45) is 6.82. The number of likely N-dealkylation sites (tertiary alicyclic amines) is 2. The number of aromatic nitrogens is 1. The van der Waals surface area contributed by atoms with Crippen LogP contribution in [-0.2, 0) is 4.74 Å². The summed E-state index contributed by atoms with van der Waals surface area (Å²) in [6, 6.07) is 5.85. The standard InChI is InChI=1S/C18H25N3O3/c22-17(20-9-3-4-10-20)21-11-5-7-18(14-21)12-15(13-23-18)24-16-6-1-2-8-19-16/h1-2,6,8,15H,3-5,7,9-14H2/t15-,18-/m1/s1. The minimum atomic E-state index is -0.243. The summed E-state index contributed by atoms with van der Waals surface area (Å²) in [6.45, 7) is 3.89. The van der Waals surface area contributed by atoms with Crippen molar-refractivity contribution in [3.05, 3.63) is 24.4 Å². The van der Waals surface area contributed by atoms with Gasteiger partial charge in [0.2, 0.25) is 5.88 Å². The van der Waals surface area contributed by atoms with Gasteiger partial charge in [-0.05, 0) is 31.7 Å². The number of carbonyl (C=O) groups is 1. The zero-order valence-electron chi connectivity index (χ0n) is 14.0. The van der Waals surface area contributed by atoms with Gasteiger partial charge in [0, 0.05) is 38.3 Å². The molecule has 1 aromatic rings. The minimum absolute atomic E-state index is 0.0155. The first-order chi connectivity index (χ1) is 11.7. The van der Waals surface area contributed by atoms with Crippen LogP contribution in [0.15, 0.2) is 24.4 Å². The van der Waals surface area contributed by atoms with Crippen molar-refractivity contribution in [2.75, 3.05) is 32.8 Å². The molecule has 130 valence electrons. The van der Waals surface area contributed by atoms with E-state index in [1.165, 1.54) is 0 Å². The largest absolute Gasteiger partial charge is 0.472 e. The molecular weight excluding hydrogens is 306 g/mol. The molecule has 0 bridgehead atoms. The van der Waals surface area contributed by atoms with Crippen LogP contribution in [0.4, 0.5) is 4.79 Å². The molecule has 4 heterocycles. The van der Waals surface area contributed by atoms with Gasteiger partial charge >= 0.3 is 6.03 Å². The van der Waals surface area contributed by atoms with Gasteiger partial charge in [0.15, 0.2) is 0 Å². The third-order valence-corrected chi connectivity index (χ3v) is 5.29. The maximum absolute atomic E-state index is 12.7. The average molecular weight is 331 g/mol. The molecular formula is C18H25N3O3. The quantitative estimate of drug-likeness (QED) is 0.834. The number of urea groups is 1. The first-order valence-electron chi connectivity index (χ1n) is 9.00. The molecule has 0 radical (unpaired) electrons. The summed E-state index contributed by atoms with van der Waals surface area (Å²) >= 11 is 0. The fourth-order valence-corrected chi connectivity index (χ4v) is 4.12. The molecule has 6 heteroatoms. The second-order valence-corrected chi connectivity index (χ2v) is 7.11. The Bertz CT molecular complexity index is 576. The smallest absolute Gasteiger partial charge is 0.320 e. The van der Waals surface area contributed by atoms with Gasteiger partial charge in [-0.1, -0.05) is 6.07 Å². The van der Waals surface area contributed by atoms with Crippen LogP contribution in [0.5, 0.6) is 5.88 Å². The van der Waals surface area contributed by atoms with Crippen LogP contribution in [0.25, 0.3) is 0 Å². The molecule has 2 amide bonds. The van der Waals surface area contributed by atoms with Gasteiger partial charge in [-0.2, -0.15) is 0 Å². The second-order valence-electron chi connectivity index (χ2n) is 7.11. The third kappa shape index (κ3) is 3.20. The molecule has 0 aromatic carbocycles. The summed E-state index contributed by atoms with van der Waals surface area (Å²) in [5, 5.41) is 0. The Kier molecular flexibility index (Phi) is 4.31. The van der Waals surface area contributed by atoms with E-state index in [1.807, 2.05) is 28.0 Å². The maximum atomic E-state index is 12.7. The predicted octanol–water partition coefficient (Wildman–Crippen LogP) is 2.30. The Morgan fingerprint density at radius 2 is 2.04 bits per heavy atom. The van der Waals surface area contributed by atoms with E-state index in [-0.39, 0.29) is 17.7 Å². The number of hydrogen-bond donors (Lipinski definition) is 0. The average Bonchev–Trinajstić information content (AvgIpc) is 3.26. The van der Waals surface area contributed by atoms with Gasteiger partial charge in [0.25, 0.3) is 0 Å². The topological polar surface area (TPSA) is 54.9 Å². The molecule has 6 nitrogen and oxygen atoms in total. The Labute approximate surface area is 142 Å². The molecule has 2 atom stereocenters. The fraction of sp³-hybridized carbons (Fsp3) is 0.667. The van der Waals surface area contributed by atoms with Gasteiger partial charge in [0.05, 0.1) is 18.8 Å². The minimum Gasteiger partial charge on any atom is -0.472 e. The lowest BCUT2D eigenvalue weighted by Crippen LogP contribution is -2.53. The zero-order chi connectivity index (χ0) is 16.4. The van der Waals surface area contributed by atoms with Crippen molar-refractivity contribution in [3.63, 3.8) is 0 Å². The van der Waals surface area contributed by atoms with Crippen LogP contribution in [0.3, 0.4) is 0 Å². The molecule has 3 saturated heterocycles. The molecule has 1 aromatic heterocycles. The Hall–Kier alpha value is -1.82. The number of carbonyl (C=O) groups excluding carboxylic acids is 1. The number of rotatable bonds is 2. The summed E-state index contributed by atoms with van der Waals surface area (Å²) in [7, 11) is 0. The summed E-state index contributed by atoms with van der Waals surface area (Å²) in [5.41, 5.74) is -0.243. The lowest BCUT2D eigenvalue weighted by Gasteiger charge is -2.40. The number of ether oxygens (including phenoxy) is 2. The van der Waals surface area contributed by atoms with Crippen molar-refractivity contribution in [2.45, 2.75) is 43.8 Å². The van der Waals surface area contributed by atoms with Gasteiger partial charge < -0.3 is 19.3 Å². The van der Waals surface area contributed by atoms with Crippen molar-refractivity contribution in [1.29, 1.82) is 0 Å². The van der Waals surface area contributed by atoms with Crippen molar-refractivity contribution in [1.82, 2.24) is 14.8 Å². The molecule has 3 aliphatic heterocycles. The van der Waals surface area contributed by atoms with Crippen molar-refractivity contribution < 1.29 is 14.3 Å². The van der Waals surface area contributed by atoms with Gasteiger partial charge in [-0.15, -0.1) is 0 Å². The van der Waals surface area contributed by atoms with Crippen LogP contribution < -0.4 is 4.74 Å². The maximum Gasteiger partial charge on any atom is 0.320 e. The molecule has 0 aliphatic carbocycles. The molecule has 0 saturated carbocycles. The SMILES string of the molecule is O=C(N1CCCC1)N1CCC[C@@]2(C[C@@H](Oc3ccccn3)CO2)C1. The number of amides is 2. The van der Waals surface area contributed by atoms with E-state index < -0.39 is 0 Å². The first-order valence-corrected chi connectivity index (χ1v) is 9.00. The predicted molar refractivity (Wildman–Crippen MR) is 89.0 cm³/mol. The highest BCUT2D eigenvalue weighted by Crippen LogP contribution is 2.36. The van der Waals surface area contributed by atoms with E-state index >= 15 is 0 Å². The highest BCUT2D eigenvalue weighted by molar-refractivity contribution is 5.75. The normalized spacial score (nSPS) is 30.1. The molecule has 24 heavy (non-hydrogen) atoms. The van der Waals surface area contributed by atoms with Gasteiger partial charge in [0.1, 0.15) is 6.10 Å². The van der Waals surface area contributed by atoms with Crippen molar-refractivity contribution in [2.24, 2.45) is 0 Å². The number of pyridine rings is 1. The monoisotopic (exact) mass is 331 g/mol. The van der Waals surface area contributed by atoms with Crippen molar-refractivity contribution in [3.8, 4) is 5.88 Å². The van der Waals surface area contributed by atoms with E-state index in [4.69, 9.17) is 9.47 Å². The number of hydrogen-bond acceptors (Lipinski definition) is 4. The van der Waals surface area contributed by atoms with Crippen LogP contribution in [0.1, 0.15) is 32.1 Å². The van der Waals surface area contributed by atoms with E-state index in [9.17, 15) is 4.79 Å². The van der Waals surface area contributed by atoms with E-state index in [0.29, 0.717) is 19.0 Å². The highest BCUT2D eigenvalue weighted by Gasteiger charge is 2.46. The van der Waals surface area contributed by atoms with Crippen LogP contribution >= 0.6 is 0 Å². The summed E-state index contributed by atoms with van der Waals surface area (Å²) in [4.78, 5) is 20.9. The molecule has 0 N–H and O–H groups in total. The van der Waals surface area contributed by atoms with Gasteiger partial charge in [-0.3, -0.25) is 0 Å². The van der Waals surface area contributed by atoms with Crippen LogP contribution in [0, 0.1) is 0 Å². The lowest BCUT2D eigenvalue weighted by molar-refractivity contribution is -0.0442. The van der Waals surface area contributed by atoms with E-state index in [2.05, 4.69) is 4.98 Å².